The number of rotatable bonds is 2. The predicted octanol–water partition coefficient (Wildman–Crippen LogP) is 4.93. The average Bonchev–Trinajstić information content (AvgIpc) is 2.16. The Labute approximate surface area is 114 Å². The first kappa shape index (κ1) is 16.2. The van der Waals surface area contributed by atoms with Gasteiger partial charge in [-0.2, -0.15) is 35.1 Å². The first-order chi connectivity index (χ1) is 8.43. The maximum Gasteiger partial charge on any atom is 0.420 e. The van der Waals surface area contributed by atoms with Crippen LogP contribution in [-0.2, 0) is 12.4 Å². The topological polar surface area (TPSA) is 9.23 Å². The fraction of sp³-hybridized carbons (Fsp3) is 0.333. The lowest BCUT2D eigenvalue weighted by atomic mass is 10.1. The number of ether oxygens (including phenoxy) is 1. The third-order valence-corrected chi connectivity index (χ3v) is 2.49. The van der Waals surface area contributed by atoms with Crippen molar-refractivity contribution in [3.8, 4) is 5.75 Å². The molecule has 0 aliphatic carbocycles. The minimum atomic E-state index is -5.24. The van der Waals surface area contributed by atoms with Gasteiger partial charge >= 0.3 is 19.0 Å². The van der Waals surface area contributed by atoms with Gasteiger partial charge in [-0.05, 0) is 34.7 Å². The van der Waals surface area contributed by atoms with Crippen LogP contribution in [0.15, 0.2) is 12.1 Å². The molecule has 1 aromatic rings. The van der Waals surface area contributed by atoms with Crippen molar-refractivity contribution in [2.45, 2.75) is 19.0 Å². The maximum absolute atomic E-state index is 12.6. The molecule has 10 heteroatoms. The molecule has 0 atom stereocenters. The van der Waals surface area contributed by atoms with E-state index in [9.17, 15) is 35.1 Å². The molecular formula is C9H3F8IO. The zero-order valence-corrected chi connectivity index (χ0v) is 10.7. The summed E-state index contributed by atoms with van der Waals surface area (Å²) in [7, 11) is 0. The lowest BCUT2D eigenvalue weighted by molar-refractivity contribution is -0.150. The van der Waals surface area contributed by atoms with Crippen LogP contribution >= 0.6 is 22.6 Å². The van der Waals surface area contributed by atoms with Crippen LogP contribution in [0.3, 0.4) is 0 Å². The lowest BCUT2D eigenvalue weighted by Crippen LogP contribution is -2.17. The minimum Gasteiger partial charge on any atom is -0.434 e. The van der Waals surface area contributed by atoms with Crippen LogP contribution in [0.4, 0.5) is 35.1 Å². The van der Waals surface area contributed by atoms with Gasteiger partial charge in [-0.1, -0.05) is 0 Å². The van der Waals surface area contributed by atoms with Crippen molar-refractivity contribution in [3.63, 3.8) is 0 Å². The van der Waals surface area contributed by atoms with Crippen molar-refractivity contribution in [2.75, 3.05) is 0 Å². The molecule has 0 fully saturated rings. The highest BCUT2D eigenvalue weighted by atomic mass is 127. The molecule has 108 valence electrons. The normalized spacial score (nSPS) is 12.9. The molecule has 0 bridgehead atoms. The Balaban J connectivity index is 3.58. The fourth-order valence-electron chi connectivity index (χ4n) is 1.23. The van der Waals surface area contributed by atoms with Gasteiger partial charge in [0.05, 0.1) is 11.1 Å². The van der Waals surface area contributed by atoms with Crippen LogP contribution in [0.5, 0.6) is 5.75 Å². The van der Waals surface area contributed by atoms with Crippen molar-refractivity contribution < 1.29 is 39.9 Å². The van der Waals surface area contributed by atoms with E-state index in [-0.39, 0.29) is 0 Å². The van der Waals surface area contributed by atoms with Crippen molar-refractivity contribution in [2.24, 2.45) is 0 Å². The van der Waals surface area contributed by atoms with Crippen molar-refractivity contribution in [3.05, 3.63) is 26.8 Å². The summed E-state index contributed by atoms with van der Waals surface area (Å²) in [6, 6.07) is 0.598. The van der Waals surface area contributed by atoms with Gasteiger partial charge in [-0.3, -0.25) is 0 Å². The molecular weight excluding hydrogens is 403 g/mol. The largest absolute Gasteiger partial charge is 0.434 e. The first-order valence-electron chi connectivity index (χ1n) is 4.35. The molecule has 0 amide bonds. The molecule has 1 aromatic carbocycles. The van der Waals surface area contributed by atoms with Gasteiger partial charge in [-0.25, -0.2) is 0 Å². The minimum absolute atomic E-state index is 0.299. The molecule has 0 saturated heterocycles. The van der Waals surface area contributed by atoms with Crippen LogP contribution < -0.4 is 4.74 Å². The summed E-state index contributed by atoms with van der Waals surface area (Å²) in [5, 5.41) is 0. The van der Waals surface area contributed by atoms with Gasteiger partial charge in [-0.15, -0.1) is 0 Å². The molecule has 0 radical (unpaired) electrons. The van der Waals surface area contributed by atoms with E-state index in [1.54, 1.807) is 0 Å². The summed E-state index contributed by atoms with van der Waals surface area (Å²) in [6.07, 6.45) is -10.5. The highest BCUT2D eigenvalue weighted by Gasteiger charge is 2.43. The zero-order chi connectivity index (χ0) is 15.0. The van der Waals surface area contributed by atoms with Crippen molar-refractivity contribution in [1.82, 2.24) is 0 Å². The Hall–Kier alpha value is -0.810. The molecule has 1 rings (SSSR count). The van der Waals surface area contributed by atoms with Crippen molar-refractivity contribution >= 4 is 22.6 Å². The van der Waals surface area contributed by atoms with E-state index in [0.717, 1.165) is 0 Å². The molecule has 19 heavy (non-hydrogen) atoms. The molecule has 0 N–H and O–H groups in total. The Bertz CT molecular complexity index is 429. The molecule has 0 heterocycles. The monoisotopic (exact) mass is 406 g/mol. The van der Waals surface area contributed by atoms with Crippen molar-refractivity contribution in [1.29, 1.82) is 0 Å². The summed E-state index contributed by atoms with van der Waals surface area (Å²) in [5.74, 6) is -1.92. The molecule has 0 spiro atoms. The summed E-state index contributed by atoms with van der Waals surface area (Å²) in [5.41, 5.74) is -3.79. The molecule has 0 aliphatic heterocycles. The molecule has 0 aromatic heterocycles. The molecule has 0 saturated carbocycles. The van der Waals surface area contributed by atoms with E-state index < -0.39 is 39.4 Å². The van der Waals surface area contributed by atoms with Gasteiger partial charge in [0.15, 0.2) is 5.75 Å². The van der Waals surface area contributed by atoms with E-state index in [4.69, 9.17) is 0 Å². The summed E-state index contributed by atoms with van der Waals surface area (Å²) < 4.78 is 102. The molecule has 0 aliphatic rings. The van der Waals surface area contributed by atoms with Gasteiger partial charge in [0.1, 0.15) is 0 Å². The van der Waals surface area contributed by atoms with Crippen LogP contribution in [0.1, 0.15) is 11.1 Å². The maximum atomic E-state index is 12.6. The fourth-order valence-corrected chi connectivity index (χ4v) is 1.85. The standard InChI is InChI=1S/C9H3F8IO/c10-7(11)19-6-4(8(12,13)14)1-3(18)2-5(6)9(15,16)17/h1-2,7H. The third-order valence-electron chi connectivity index (χ3n) is 1.87. The highest BCUT2D eigenvalue weighted by molar-refractivity contribution is 14.1. The van der Waals surface area contributed by atoms with E-state index in [0.29, 0.717) is 12.1 Å². The third kappa shape index (κ3) is 4.08. The van der Waals surface area contributed by atoms with E-state index in [1.807, 2.05) is 0 Å². The first-order valence-corrected chi connectivity index (χ1v) is 5.43. The number of benzene rings is 1. The highest BCUT2D eigenvalue weighted by Crippen LogP contribution is 2.45. The molecule has 0 unspecified atom stereocenters. The van der Waals surface area contributed by atoms with E-state index >= 15 is 0 Å². The van der Waals surface area contributed by atoms with Gasteiger partial charge in [0.2, 0.25) is 0 Å². The van der Waals surface area contributed by atoms with E-state index in [1.165, 1.54) is 22.6 Å². The number of hydrogen-bond acceptors (Lipinski definition) is 1. The second kappa shape index (κ2) is 5.29. The Kier molecular flexibility index (Phi) is 4.52. The smallest absolute Gasteiger partial charge is 0.420 e. The zero-order valence-electron chi connectivity index (χ0n) is 8.54. The predicted molar refractivity (Wildman–Crippen MR) is 55.8 cm³/mol. The summed E-state index contributed by atoms with van der Waals surface area (Å²) in [6.45, 7) is -3.80. The Morgan fingerprint density at radius 1 is 0.895 bits per heavy atom. The van der Waals surface area contributed by atoms with Crippen LogP contribution in [-0.4, -0.2) is 6.61 Å². The number of hydrogen-bond donors (Lipinski definition) is 0. The Morgan fingerprint density at radius 3 is 1.53 bits per heavy atom. The quantitative estimate of drug-likeness (QED) is 0.500. The average molecular weight is 406 g/mol. The van der Waals surface area contributed by atoms with Crippen LogP contribution in [0, 0.1) is 3.57 Å². The SMILES string of the molecule is FC(F)Oc1c(C(F)(F)F)cc(I)cc1C(F)(F)F. The van der Waals surface area contributed by atoms with Gasteiger partial charge in [0.25, 0.3) is 0 Å². The summed E-state index contributed by atoms with van der Waals surface area (Å²) >= 11 is 1.22. The van der Waals surface area contributed by atoms with Crippen LogP contribution in [0.25, 0.3) is 0 Å². The number of alkyl halides is 8. The van der Waals surface area contributed by atoms with Gasteiger partial charge in [0, 0.05) is 3.57 Å². The van der Waals surface area contributed by atoms with Gasteiger partial charge < -0.3 is 4.74 Å². The van der Waals surface area contributed by atoms with E-state index in [2.05, 4.69) is 4.74 Å². The lowest BCUT2D eigenvalue weighted by Gasteiger charge is -2.19. The second-order valence-electron chi connectivity index (χ2n) is 3.20. The summed E-state index contributed by atoms with van der Waals surface area (Å²) in [4.78, 5) is 0. The Morgan fingerprint density at radius 2 is 1.26 bits per heavy atom. The molecule has 1 nitrogen and oxygen atoms in total. The number of halogens is 9. The second-order valence-corrected chi connectivity index (χ2v) is 4.45. The van der Waals surface area contributed by atoms with Crippen LogP contribution in [0.2, 0.25) is 0 Å².